The van der Waals surface area contributed by atoms with Crippen molar-refractivity contribution in [3.05, 3.63) is 70.8 Å². The maximum atomic E-state index is 12.1. The van der Waals surface area contributed by atoms with Crippen molar-refractivity contribution in [2.45, 2.75) is 0 Å². The number of hydrogen-bond donors (Lipinski definition) is 0. The smallest absolute Gasteiger partial charge is 0.303 e. The van der Waals surface area contributed by atoms with Gasteiger partial charge in [-0.05, 0) is 0 Å². The Labute approximate surface area is 109 Å². The molecular weight excluding hydrogens is 264 g/mol. The third-order valence-corrected chi connectivity index (χ3v) is 2.77. The summed E-state index contributed by atoms with van der Waals surface area (Å²) in [5, 5.41) is 0. The normalized spacial score (nSPS) is 12.5. The van der Waals surface area contributed by atoms with Crippen molar-refractivity contribution in [1.82, 2.24) is 0 Å². The topological polar surface area (TPSA) is 34.1 Å². The number of rotatable bonds is 0. The molecule has 0 saturated heterocycles. The Hall–Kier alpha value is -1.70. The Bertz CT molecular complexity index is 512. The van der Waals surface area contributed by atoms with Gasteiger partial charge in [-0.25, -0.2) is 0 Å². The van der Waals surface area contributed by atoms with Gasteiger partial charge in [-0.2, -0.15) is 24.3 Å². The maximum absolute atomic E-state index is 12.1. The van der Waals surface area contributed by atoms with Crippen LogP contribution in [0.1, 0.15) is 31.8 Å². The van der Waals surface area contributed by atoms with Crippen LogP contribution >= 0.6 is 0 Å². The molecule has 0 amide bonds. The zero-order valence-corrected chi connectivity index (χ0v) is 9.60. The van der Waals surface area contributed by atoms with Crippen LogP contribution in [-0.2, 0) is 17.1 Å². The largest absolute Gasteiger partial charge is 1.00 e. The molecule has 17 heavy (non-hydrogen) atoms. The van der Waals surface area contributed by atoms with Crippen LogP contribution in [-0.4, -0.2) is 11.6 Å². The molecule has 86 valence electrons. The third-order valence-electron chi connectivity index (χ3n) is 2.77. The van der Waals surface area contributed by atoms with E-state index in [0.29, 0.717) is 22.3 Å². The first-order chi connectivity index (χ1) is 7.79. The molecule has 2 nitrogen and oxygen atoms in total. The second kappa shape index (κ2) is 4.28. The van der Waals surface area contributed by atoms with Crippen LogP contribution in [0.2, 0.25) is 0 Å². The Morgan fingerprint density at radius 2 is 1.29 bits per heavy atom. The van der Waals surface area contributed by atoms with Crippen LogP contribution in [0.15, 0.2) is 42.5 Å². The summed E-state index contributed by atoms with van der Waals surface area (Å²) in [5.41, 5.74) is 1.90. The van der Waals surface area contributed by atoms with E-state index in [1.807, 2.05) is 0 Å². The number of hydrogen-bond acceptors (Lipinski definition) is 2. The van der Waals surface area contributed by atoms with Gasteiger partial charge < -0.3 is 4.79 Å². The summed E-state index contributed by atoms with van der Waals surface area (Å²) in [6, 6.07) is 14.6. The molecule has 1 aliphatic rings. The molecule has 0 spiro atoms. The van der Waals surface area contributed by atoms with E-state index in [1.54, 1.807) is 42.5 Å². The van der Waals surface area contributed by atoms with E-state index in [0.717, 1.165) is 0 Å². The first-order valence-electron chi connectivity index (χ1n) is 4.97. The monoisotopic (exact) mass is 270 g/mol. The molecule has 0 radical (unpaired) electrons. The van der Waals surface area contributed by atoms with Gasteiger partial charge >= 0.3 is 17.1 Å². The molecule has 0 unspecified atom stereocenters. The van der Waals surface area contributed by atoms with E-state index in [2.05, 4.69) is 6.07 Å². The average Bonchev–Trinajstić information content (AvgIpc) is 2.36. The zero-order chi connectivity index (χ0) is 11.1. The number of carbonyl (C=O) groups excluding carboxylic acids is 2. The van der Waals surface area contributed by atoms with Gasteiger partial charge in [-0.3, -0.25) is 4.79 Å². The van der Waals surface area contributed by atoms with Crippen molar-refractivity contribution in [2.24, 2.45) is 0 Å². The second-order valence-corrected chi connectivity index (χ2v) is 3.68. The Kier molecular flexibility index (Phi) is 2.97. The van der Waals surface area contributed by atoms with Crippen molar-refractivity contribution in [1.29, 1.82) is 0 Å². The molecule has 0 aromatic heterocycles. The van der Waals surface area contributed by atoms with Crippen LogP contribution < -0.4 is 0 Å². The minimum Gasteiger partial charge on any atom is -0.303 e. The van der Waals surface area contributed by atoms with Gasteiger partial charge in [0, 0.05) is 11.1 Å². The molecule has 2 aromatic carbocycles. The fourth-order valence-corrected chi connectivity index (χ4v) is 1.99. The van der Waals surface area contributed by atoms with Crippen molar-refractivity contribution in [2.75, 3.05) is 0 Å². The van der Waals surface area contributed by atoms with E-state index in [9.17, 15) is 9.59 Å². The van der Waals surface area contributed by atoms with E-state index in [4.69, 9.17) is 0 Å². The van der Waals surface area contributed by atoms with E-state index in [-0.39, 0.29) is 28.6 Å². The molecule has 0 heterocycles. The molecule has 0 bridgehead atoms. The van der Waals surface area contributed by atoms with Crippen LogP contribution in [0, 0.1) is 6.07 Å². The first-order valence-corrected chi connectivity index (χ1v) is 4.97. The summed E-state index contributed by atoms with van der Waals surface area (Å²) in [6.07, 6.45) is 0. The predicted octanol–water partition coefficient (Wildman–Crippen LogP) is 2.26. The van der Waals surface area contributed by atoms with Crippen LogP contribution in [0.4, 0.5) is 0 Å². The molecule has 0 N–H and O–H groups in total. The maximum Gasteiger partial charge on any atom is 1.00 e. The van der Waals surface area contributed by atoms with Gasteiger partial charge in [0.05, 0.1) is 0 Å². The zero-order valence-electron chi connectivity index (χ0n) is 8.66. The van der Waals surface area contributed by atoms with E-state index < -0.39 is 0 Å². The Balaban J connectivity index is 0.00000108. The Morgan fingerprint density at radius 3 is 1.94 bits per heavy atom. The quantitative estimate of drug-likeness (QED) is 0.464. The van der Waals surface area contributed by atoms with Crippen molar-refractivity contribution >= 4 is 11.6 Å². The third kappa shape index (κ3) is 1.64. The summed E-state index contributed by atoms with van der Waals surface area (Å²) >= 11 is 0. The molecule has 0 aliphatic heterocycles. The fourth-order valence-electron chi connectivity index (χ4n) is 1.99. The first kappa shape index (κ1) is 11.8. The van der Waals surface area contributed by atoms with Gasteiger partial charge in [0.1, 0.15) is 5.78 Å². The summed E-state index contributed by atoms with van der Waals surface area (Å²) < 4.78 is 0. The van der Waals surface area contributed by atoms with Crippen LogP contribution in [0.5, 0.6) is 0 Å². The molecule has 3 heteroatoms. The number of carbonyl (C=O) groups is 2. The van der Waals surface area contributed by atoms with Crippen molar-refractivity contribution in [3.8, 4) is 0 Å². The predicted molar refractivity (Wildman–Crippen MR) is 58.6 cm³/mol. The van der Waals surface area contributed by atoms with Gasteiger partial charge in [0.2, 0.25) is 0 Å². The molecule has 0 saturated carbocycles. The van der Waals surface area contributed by atoms with Crippen LogP contribution in [0.25, 0.3) is 0 Å². The molecule has 0 fully saturated rings. The number of benzene rings is 2. The standard InChI is InChI=1S/C14H7O2.Cu/c15-13-9-5-1-2-6-10(9)14(16)12-8-4-3-7-11(12)13;/h1-3,5-8H;/q-1;+1. The molecule has 0 atom stereocenters. The summed E-state index contributed by atoms with van der Waals surface area (Å²) in [4.78, 5) is 24.2. The fraction of sp³-hybridized carbons (Fsp3) is 0. The SMILES string of the molecule is O=C1c2c[c-]ccc2C(=O)c2ccccc21.[Cu+]. The summed E-state index contributed by atoms with van der Waals surface area (Å²) in [5.74, 6) is -0.179. The minimum absolute atomic E-state index is 0. The minimum atomic E-state index is -0.0953. The van der Waals surface area contributed by atoms with Crippen LogP contribution in [0.3, 0.4) is 0 Å². The number of ketones is 2. The van der Waals surface area contributed by atoms with Gasteiger partial charge in [0.25, 0.3) is 0 Å². The molecule has 1 aliphatic carbocycles. The van der Waals surface area contributed by atoms with Crippen molar-refractivity contribution in [3.63, 3.8) is 0 Å². The van der Waals surface area contributed by atoms with E-state index >= 15 is 0 Å². The van der Waals surface area contributed by atoms with Gasteiger partial charge in [-0.1, -0.05) is 35.4 Å². The average molecular weight is 271 g/mol. The van der Waals surface area contributed by atoms with E-state index in [1.165, 1.54) is 0 Å². The van der Waals surface area contributed by atoms with Gasteiger partial charge in [-0.15, -0.1) is 0 Å². The Morgan fingerprint density at radius 1 is 0.765 bits per heavy atom. The molecular formula is C14H7CuO2. The second-order valence-electron chi connectivity index (χ2n) is 3.68. The van der Waals surface area contributed by atoms with Crippen molar-refractivity contribution < 1.29 is 26.7 Å². The number of fused-ring (bicyclic) bond motifs is 2. The summed E-state index contributed by atoms with van der Waals surface area (Å²) in [6.45, 7) is 0. The summed E-state index contributed by atoms with van der Waals surface area (Å²) in [7, 11) is 0. The molecule has 2 aromatic rings. The molecule has 3 rings (SSSR count). The van der Waals surface area contributed by atoms with Gasteiger partial charge in [0.15, 0.2) is 5.78 Å².